The predicted molar refractivity (Wildman–Crippen MR) is 72.1 cm³/mol. The summed E-state index contributed by atoms with van der Waals surface area (Å²) in [7, 11) is -1.83. The van der Waals surface area contributed by atoms with Crippen LogP contribution in [-0.4, -0.2) is 75.2 Å². The van der Waals surface area contributed by atoms with Crippen LogP contribution < -0.4 is 5.73 Å². The molecule has 1 unspecified atom stereocenters. The Morgan fingerprint density at radius 2 is 1.89 bits per heavy atom. The fourth-order valence-corrected chi connectivity index (χ4v) is 3.70. The minimum absolute atomic E-state index is 0.171. The highest BCUT2D eigenvalue weighted by Gasteiger charge is 2.32. The number of rotatable bonds is 6. The second kappa shape index (κ2) is 7.18. The molecule has 19 heavy (non-hydrogen) atoms. The van der Waals surface area contributed by atoms with E-state index in [1.54, 1.807) is 0 Å². The highest BCUT2D eigenvalue weighted by atomic mass is 32.2. The topological polar surface area (TPSA) is 92.9 Å². The first-order valence-corrected chi connectivity index (χ1v) is 8.07. The van der Waals surface area contributed by atoms with E-state index >= 15 is 0 Å². The van der Waals surface area contributed by atoms with E-state index in [0.717, 1.165) is 0 Å². The lowest BCUT2D eigenvalue weighted by molar-refractivity contribution is -0.147. The van der Waals surface area contributed by atoms with Crippen molar-refractivity contribution in [3.05, 3.63) is 0 Å². The standard InChI is InChI=1S/C11H23N3O4S/c1-3-8-19(16,17)14-6-4-13(5-7-14)10(9-12)11(15)18-2/h10H,3-9,12H2,1-2H3. The Balaban J connectivity index is 2.59. The third kappa shape index (κ3) is 4.13. The van der Waals surface area contributed by atoms with Crippen molar-refractivity contribution in [2.24, 2.45) is 5.73 Å². The van der Waals surface area contributed by atoms with Gasteiger partial charge in [0.1, 0.15) is 6.04 Å². The van der Waals surface area contributed by atoms with Gasteiger partial charge in [-0.25, -0.2) is 8.42 Å². The lowest BCUT2D eigenvalue weighted by Gasteiger charge is -2.37. The zero-order chi connectivity index (χ0) is 14.5. The van der Waals surface area contributed by atoms with Crippen molar-refractivity contribution >= 4 is 16.0 Å². The van der Waals surface area contributed by atoms with Crippen molar-refractivity contribution in [3.8, 4) is 0 Å². The van der Waals surface area contributed by atoms with Crippen LogP contribution in [0.3, 0.4) is 0 Å². The Morgan fingerprint density at radius 1 is 1.32 bits per heavy atom. The number of carbonyl (C=O) groups is 1. The van der Waals surface area contributed by atoms with Crippen molar-refractivity contribution < 1.29 is 17.9 Å². The van der Waals surface area contributed by atoms with Crippen molar-refractivity contribution in [1.82, 2.24) is 9.21 Å². The van der Waals surface area contributed by atoms with E-state index in [1.807, 2.05) is 11.8 Å². The smallest absolute Gasteiger partial charge is 0.324 e. The van der Waals surface area contributed by atoms with Gasteiger partial charge in [0.2, 0.25) is 10.0 Å². The second-order valence-corrected chi connectivity index (χ2v) is 6.61. The van der Waals surface area contributed by atoms with E-state index in [4.69, 9.17) is 10.5 Å². The maximum atomic E-state index is 11.9. The lowest BCUT2D eigenvalue weighted by atomic mass is 10.2. The summed E-state index contributed by atoms with van der Waals surface area (Å²) in [5, 5.41) is 0. The van der Waals surface area contributed by atoms with Crippen LogP contribution in [-0.2, 0) is 19.6 Å². The van der Waals surface area contributed by atoms with E-state index in [2.05, 4.69) is 0 Å². The molecule has 8 heteroatoms. The molecule has 1 rings (SSSR count). The van der Waals surface area contributed by atoms with Gasteiger partial charge in [-0.1, -0.05) is 6.92 Å². The molecular formula is C11H23N3O4S. The molecule has 0 aromatic rings. The van der Waals surface area contributed by atoms with E-state index in [9.17, 15) is 13.2 Å². The van der Waals surface area contributed by atoms with Crippen molar-refractivity contribution in [2.45, 2.75) is 19.4 Å². The number of methoxy groups -OCH3 is 1. The van der Waals surface area contributed by atoms with Gasteiger partial charge >= 0.3 is 5.97 Å². The summed E-state index contributed by atoms with van der Waals surface area (Å²) in [5.41, 5.74) is 5.57. The molecule has 1 heterocycles. The summed E-state index contributed by atoms with van der Waals surface area (Å²) in [5.74, 6) is -0.197. The lowest BCUT2D eigenvalue weighted by Crippen LogP contribution is -2.56. The van der Waals surface area contributed by atoms with Gasteiger partial charge in [-0.3, -0.25) is 9.69 Å². The van der Waals surface area contributed by atoms with Crippen LogP contribution in [0.4, 0.5) is 0 Å². The van der Waals surface area contributed by atoms with Crippen LogP contribution in [0.5, 0.6) is 0 Å². The van der Waals surface area contributed by atoms with Crippen LogP contribution in [0.2, 0.25) is 0 Å². The largest absolute Gasteiger partial charge is 0.468 e. The monoisotopic (exact) mass is 293 g/mol. The van der Waals surface area contributed by atoms with E-state index < -0.39 is 16.1 Å². The third-order valence-corrected chi connectivity index (χ3v) is 5.34. The average Bonchev–Trinajstić information content (AvgIpc) is 2.40. The first-order valence-electron chi connectivity index (χ1n) is 6.46. The molecular weight excluding hydrogens is 270 g/mol. The molecule has 7 nitrogen and oxygen atoms in total. The Labute approximate surface area is 114 Å². The number of sulfonamides is 1. The molecule has 1 aliphatic rings. The fraction of sp³-hybridized carbons (Fsp3) is 0.909. The molecule has 0 aromatic carbocycles. The highest BCUT2D eigenvalue weighted by molar-refractivity contribution is 7.89. The van der Waals surface area contributed by atoms with Crippen LogP contribution in [0.15, 0.2) is 0 Å². The number of esters is 1. The molecule has 0 bridgehead atoms. The zero-order valence-electron chi connectivity index (χ0n) is 11.5. The second-order valence-electron chi connectivity index (χ2n) is 4.53. The molecule has 1 aliphatic heterocycles. The van der Waals surface area contributed by atoms with E-state index in [1.165, 1.54) is 11.4 Å². The average molecular weight is 293 g/mol. The quantitative estimate of drug-likeness (QED) is 0.621. The van der Waals surface area contributed by atoms with Gasteiger partial charge in [-0.2, -0.15) is 4.31 Å². The molecule has 1 saturated heterocycles. The zero-order valence-corrected chi connectivity index (χ0v) is 12.4. The SMILES string of the molecule is CCCS(=O)(=O)N1CCN(C(CN)C(=O)OC)CC1. The third-order valence-electron chi connectivity index (χ3n) is 3.27. The Bertz CT molecular complexity index is 391. The summed E-state index contributed by atoms with van der Waals surface area (Å²) in [6.45, 7) is 3.81. The summed E-state index contributed by atoms with van der Waals surface area (Å²) in [4.78, 5) is 13.4. The van der Waals surface area contributed by atoms with E-state index in [0.29, 0.717) is 32.6 Å². The van der Waals surface area contributed by atoms with Gasteiger partial charge in [-0.05, 0) is 6.42 Å². The normalized spacial score (nSPS) is 20.2. The van der Waals surface area contributed by atoms with Crippen LogP contribution >= 0.6 is 0 Å². The fourth-order valence-electron chi connectivity index (χ4n) is 2.21. The number of hydrogen-bond acceptors (Lipinski definition) is 6. The van der Waals surface area contributed by atoms with Gasteiger partial charge in [0.05, 0.1) is 12.9 Å². The molecule has 0 aliphatic carbocycles. The highest BCUT2D eigenvalue weighted by Crippen LogP contribution is 2.11. The Morgan fingerprint density at radius 3 is 2.32 bits per heavy atom. The molecule has 0 amide bonds. The number of nitrogens with two attached hydrogens (primary N) is 1. The van der Waals surface area contributed by atoms with Crippen molar-refractivity contribution in [3.63, 3.8) is 0 Å². The molecule has 0 aromatic heterocycles. The maximum Gasteiger partial charge on any atom is 0.324 e. The predicted octanol–water partition coefficient (Wildman–Crippen LogP) is -1.16. The molecule has 1 atom stereocenters. The molecule has 1 fully saturated rings. The van der Waals surface area contributed by atoms with E-state index in [-0.39, 0.29) is 18.3 Å². The molecule has 2 N–H and O–H groups in total. The molecule has 112 valence electrons. The van der Waals surface area contributed by atoms with Crippen LogP contribution in [0.25, 0.3) is 0 Å². The van der Waals surface area contributed by atoms with Gasteiger partial charge in [-0.15, -0.1) is 0 Å². The van der Waals surface area contributed by atoms with Gasteiger partial charge in [0.15, 0.2) is 0 Å². The van der Waals surface area contributed by atoms with Gasteiger partial charge in [0, 0.05) is 32.7 Å². The molecule has 0 radical (unpaired) electrons. The Kier molecular flexibility index (Phi) is 6.18. The number of hydrogen-bond donors (Lipinski definition) is 1. The number of carbonyl (C=O) groups excluding carboxylic acids is 1. The van der Waals surface area contributed by atoms with Gasteiger partial charge in [0.25, 0.3) is 0 Å². The first kappa shape index (κ1) is 16.4. The summed E-state index contributed by atoms with van der Waals surface area (Å²) >= 11 is 0. The number of ether oxygens (including phenoxy) is 1. The summed E-state index contributed by atoms with van der Waals surface area (Å²) in [6, 6.07) is -0.485. The maximum absolute atomic E-state index is 11.9. The van der Waals surface area contributed by atoms with Crippen molar-refractivity contribution in [1.29, 1.82) is 0 Å². The van der Waals surface area contributed by atoms with Crippen LogP contribution in [0, 0.1) is 0 Å². The minimum atomic E-state index is -3.16. The van der Waals surface area contributed by atoms with Crippen LogP contribution in [0.1, 0.15) is 13.3 Å². The molecule has 0 spiro atoms. The first-order chi connectivity index (χ1) is 8.96. The summed E-state index contributed by atoms with van der Waals surface area (Å²) < 4.78 is 30.0. The minimum Gasteiger partial charge on any atom is -0.468 e. The summed E-state index contributed by atoms with van der Waals surface area (Å²) in [6.07, 6.45) is 0.607. The number of nitrogens with zero attached hydrogens (tertiary/aromatic N) is 2. The molecule has 0 saturated carbocycles. The van der Waals surface area contributed by atoms with Crippen molar-refractivity contribution in [2.75, 3.05) is 45.6 Å². The van der Waals surface area contributed by atoms with Gasteiger partial charge < -0.3 is 10.5 Å². The Hall–Kier alpha value is -0.700. The number of piperazine rings is 1.